The highest BCUT2D eigenvalue weighted by Crippen LogP contribution is 2.16. The molecule has 0 aliphatic rings. The summed E-state index contributed by atoms with van der Waals surface area (Å²) in [7, 11) is -3.34. The van der Waals surface area contributed by atoms with Crippen LogP contribution in [0.3, 0.4) is 0 Å². The zero-order valence-electron chi connectivity index (χ0n) is 14.7. The fraction of sp³-hybridized carbons (Fsp3) is 0.438. The highest BCUT2D eigenvalue weighted by Gasteiger charge is 2.18. The van der Waals surface area contributed by atoms with Crippen molar-refractivity contribution >= 4 is 21.6 Å². The lowest BCUT2D eigenvalue weighted by molar-refractivity contribution is 0.0937. The number of sulfonamides is 1. The average Bonchev–Trinajstić information content (AvgIpc) is 3.05. The molecule has 136 valence electrons. The predicted molar refractivity (Wildman–Crippen MR) is 95.8 cm³/mol. The third-order valence-corrected chi connectivity index (χ3v) is 5.00. The van der Waals surface area contributed by atoms with Gasteiger partial charge in [0.05, 0.1) is 11.8 Å². The van der Waals surface area contributed by atoms with Crippen LogP contribution < -0.4 is 10.0 Å². The Hall–Kier alpha value is -2.42. The Morgan fingerprint density at radius 3 is 2.40 bits per heavy atom. The zero-order valence-corrected chi connectivity index (χ0v) is 15.5. The van der Waals surface area contributed by atoms with Crippen LogP contribution in [0.5, 0.6) is 0 Å². The molecule has 1 amide bonds. The lowest BCUT2D eigenvalue weighted by atomic mass is 10.2. The number of carbonyl (C=O) groups is 1. The molecule has 2 aromatic rings. The number of anilines is 1. The Morgan fingerprint density at radius 1 is 1.20 bits per heavy atom. The Balaban J connectivity index is 2.07. The summed E-state index contributed by atoms with van der Waals surface area (Å²) >= 11 is 0. The largest absolute Gasteiger partial charge is 0.342 e. The Kier molecular flexibility index (Phi) is 5.78. The minimum absolute atomic E-state index is 0.0106. The number of nitrogens with one attached hydrogen (secondary N) is 2. The summed E-state index contributed by atoms with van der Waals surface area (Å²) in [5.74, 6) is 0.398. The summed E-state index contributed by atoms with van der Waals surface area (Å²) in [6.07, 6.45) is 1.64. The molecule has 0 saturated heterocycles. The highest BCUT2D eigenvalue weighted by molar-refractivity contribution is 7.92. The van der Waals surface area contributed by atoms with Crippen molar-refractivity contribution in [1.82, 2.24) is 20.1 Å². The summed E-state index contributed by atoms with van der Waals surface area (Å²) in [5.41, 5.74) is 0.855. The molecular weight excluding hydrogens is 342 g/mol. The van der Waals surface area contributed by atoms with E-state index >= 15 is 0 Å². The van der Waals surface area contributed by atoms with Crippen molar-refractivity contribution in [2.24, 2.45) is 0 Å². The maximum atomic E-state index is 12.4. The fourth-order valence-electron chi connectivity index (χ4n) is 2.25. The van der Waals surface area contributed by atoms with Gasteiger partial charge in [0.1, 0.15) is 6.33 Å². The first-order valence-electron chi connectivity index (χ1n) is 8.04. The van der Waals surface area contributed by atoms with E-state index in [1.54, 1.807) is 37.5 Å². The van der Waals surface area contributed by atoms with Gasteiger partial charge in [0.2, 0.25) is 10.0 Å². The van der Waals surface area contributed by atoms with Gasteiger partial charge in [0.15, 0.2) is 5.82 Å². The standard InChI is InChI=1S/C16H23N5O3S/c1-5-25(23,24)20-14-8-6-13(7-9-14)16(22)18-12(4)15-19-17-10-21(15)11(2)3/h6-12,20H,5H2,1-4H3,(H,18,22). The monoisotopic (exact) mass is 365 g/mol. The maximum absolute atomic E-state index is 12.4. The van der Waals surface area contributed by atoms with E-state index in [0.29, 0.717) is 17.1 Å². The van der Waals surface area contributed by atoms with Gasteiger partial charge in [-0.25, -0.2) is 8.42 Å². The second-order valence-corrected chi connectivity index (χ2v) is 7.98. The number of nitrogens with zero attached hydrogens (tertiary/aromatic N) is 3. The van der Waals surface area contributed by atoms with Crippen molar-refractivity contribution < 1.29 is 13.2 Å². The molecule has 25 heavy (non-hydrogen) atoms. The summed E-state index contributed by atoms with van der Waals surface area (Å²) < 4.78 is 27.4. The number of benzene rings is 1. The predicted octanol–water partition coefficient (Wildman–Crippen LogP) is 2.11. The van der Waals surface area contributed by atoms with E-state index in [0.717, 1.165) is 0 Å². The third-order valence-electron chi connectivity index (χ3n) is 3.69. The molecule has 0 aliphatic heterocycles. The van der Waals surface area contributed by atoms with Gasteiger partial charge in [0.25, 0.3) is 5.91 Å². The molecule has 0 saturated carbocycles. The number of rotatable bonds is 7. The van der Waals surface area contributed by atoms with Gasteiger partial charge in [-0.2, -0.15) is 0 Å². The number of aromatic nitrogens is 3. The molecule has 0 aliphatic carbocycles. The van der Waals surface area contributed by atoms with Crippen LogP contribution >= 0.6 is 0 Å². The first-order chi connectivity index (χ1) is 11.7. The van der Waals surface area contributed by atoms with Crippen LogP contribution in [0.4, 0.5) is 5.69 Å². The molecule has 1 unspecified atom stereocenters. The molecule has 1 aromatic heterocycles. The first kappa shape index (κ1) is 18.9. The Morgan fingerprint density at radius 2 is 1.84 bits per heavy atom. The summed E-state index contributed by atoms with van der Waals surface area (Å²) in [6.45, 7) is 7.42. The van der Waals surface area contributed by atoms with Crippen molar-refractivity contribution in [3.05, 3.63) is 42.0 Å². The van der Waals surface area contributed by atoms with Crippen LogP contribution in [0.25, 0.3) is 0 Å². The molecule has 0 spiro atoms. The first-order valence-corrected chi connectivity index (χ1v) is 9.69. The quantitative estimate of drug-likeness (QED) is 0.782. The van der Waals surface area contributed by atoms with Crippen molar-refractivity contribution in [2.75, 3.05) is 10.5 Å². The topological polar surface area (TPSA) is 106 Å². The minimum Gasteiger partial charge on any atom is -0.342 e. The van der Waals surface area contributed by atoms with Crippen LogP contribution in [-0.2, 0) is 10.0 Å². The molecule has 1 aromatic carbocycles. The Bertz CT molecular complexity index is 828. The molecule has 0 radical (unpaired) electrons. The minimum atomic E-state index is -3.34. The van der Waals surface area contributed by atoms with Crippen molar-refractivity contribution in [3.63, 3.8) is 0 Å². The van der Waals surface area contributed by atoms with Crippen LogP contribution in [-0.4, -0.2) is 34.8 Å². The average molecular weight is 365 g/mol. The molecule has 2 N–H and O–H groups in total. The number of amides is 1. The van der Waals surface area contributed by atoms with E-state index in [-0.39, 0.29) is 23.7 Å². The maximum Gasteiger partial charge on any atom is 0.251 e. The SMILES string of the molecule is CCS(=O)(=O)Nc1ccc(C(=O)NC(C)c2nncn2C(C)C)cc1. The molecular formula is C16H23N5O3S. The van der Waals surface area contributed by atoms with Crippen molar-refractivity contribution in [1.29, 1.82) is 0 Å². The van der Waals surface area contributed by atoms with Crippen molar-refractivity contribution in [2.45, 2.75) is 39.8 Å². The van der Waals surface area contributed by atoms with Crippen LogP contribution in [0.1, 0.15) is 56.0 Å². The molecule has 1 atom stereocenters. The van der Waals surface area contributed by atoms with E-state index in [4.69, 9.17) is 0 Å². The molecule has 9 heteroatoms. The van der Waals surface area contributed by atoms with Gasteiger partial charge in [0, 0.05) is 17.3 Å². The van der Waals surface area contributed by atoms with Gasteiger partial charge in [-0.05, 0) is 52.0 Å². The fourth-order valence-corrected chi connectivity index (χ4v) is 2.88. The number of hydrogen-bond acceptors (Lipinski definition) is 5. The summed E-state index contributed by atoms with van der Waals surface area (Å²) in [6, 6.07) is 6.14. The van der Waals surface area contributed by atoms with Gasteiger partial charge >= 0.3 is 0 Å². The van der Waals surface area contributed by atoms with Gasteiger partial charge in [-0.15, -0.1) is 10.2 Å². The Labute approximate surface area is 147 Å². The van der Waals surface area contributed by atoms with E-state index in [1.165, 1.54) is 0 Å². The second kappa shape index (κ2) is 7.64. The molecule has 0 bridgehead atoms. The number of hydrogen-bond donors (Lipinski definition) is 2. The second-order valence-electron chi connectivity index (χ2n) is 5.97. The lowest BCUT2D eigenvalue weighted by Crippen LogP contribution is -2.29. The summed E-state index contributed by atoms with van der Waals surface area (Å²) in [4.78, 5) is 12.4. The van der Waals surface area contributed by atoms with Gasteiger partial charge < -0.3 is 9.88 Å². The van der Waals surface area contributed by atoms with E-state index in [9.17, 15) is 13.2 Å². The van der Waals surface area contributed by atoms with Gasteiger partial charge in [-0.1, -0.05) is 0 Å². The van der Waals surface area contributed by atoms with E-state index in [2.05, 4.69) is 20.2 Å². The van der Waals surface area contributed by atoms with Crippen LogP contribution in [0.15, 0.2) is 30.6 Å². The highest BCUT2D eigenvalue weighted by atomic mass is 32.2. The normalized spacial score (nSPS) is 12.8. The zero-order chi connectivity index (χ0) is 18.6. The van der Waals surface area contributed by atoms with Crippen LogP contribution in [0.2, 0.25) is 0 Å². The molecule has 2 rings (SSSR count). The van der Waals surface area contributed by atoms with Crippen LogP contribution in [0, 0.1) is 0 Å². The molecule has 1 heterocycles. The molecule has 8 nitrogen and oxygen atoms in total. The smallest absolute Gasteiger partial charge is 0.251 e. The van der Waals surface area contributed by atoms with Gasteiger partial charge in [-0.3, -0.25) is 9.52 Å². The summed E-state index contributed by atoms with van der Waals surface area (Å²) in [5, 5.41) is 10.8. The van der Waals surface area contributed by atoms with Crippen molar-refractivity contribution in [3.8, 4) is 0 Å². The number of carbonyl (C=O) groups excluding carboxylic acids is 1. The molecule has 0 fully saturated rings. The third kappa shape index (κ3) is 4.79. The van der Waals surface area contributed by atoms with E-state index < -0.39 is 10.0 Å². The van der Waals surface area contributed by atoms with E-state index in [1.807, 2.05) is 25.3 Å². The lowest BCUT2D eigenvalue weighted by Gasteiger charge is -2.17.